The molecule has 0 spiro atoms. The summed E-state index contributed by atoms with van der Waals surface area (Å²) < 4.78 is 17.0. The van der Waals surface area contributed by atoms with Crippen LogP contribution in [0.5, 0.6) is 0 Å². The molecule has 1 atom stereocenters. The van der Waals surface area contributed by atoms with Gasteiger partial charge in [0.25, 0.3) is 0 Å². The lowest BCUT2D eigenvalue weighted by Crippen LogP contribution is -2.30. The van der Waals surface area contributed by atoms with Gasteiger partial charge in [-0.15, -0.1) is 0 Å². The number of fused-ring (bicyclic) bond motifs is 1. The fourth-order valence-corrected chi connectivity index (χ4v) is 4.21. The van der Waals surface area contributed by atoms with Crippen LogP contribution >= 0.6 is 0 Å². The zero-order chi connectivity index (χ0) is 19.7. The number of nitrogens with zero attached hydrogens (tertiary/aromatic N) is 2. The predicted molar refractivity (Wildman–Crippen MR) is 113 cm³/mol. The standard InChI is InChI=1S/C25H29FN2/c1-25(2,3)20-13-11-19(12-14-20)18-28-17-7-16-27-15-6-10-23(27)24(28)21-8-4-5-9-22(21)26/h4-6,8-15,24H,7,16-18H2,1-3H3/t24-/m0/s1. The predicted octanol–water partition coefficient (Wildman–Crippen LogP) is 5.92. The van der Waals surface area contributed by atoms with Crippen LogP contribution in [0.15, 0.2) is 66.9 Å². The van der Waals surface area contributed by atoms with Gasteiger partial charge in [-0.1, -0.05) is 63.2 Å². The van der Waals surface area contributed by atoms with Crippen LogP contribution in [0.1, 0.15) is 55.6 Å². The molecule has 2 heterocycles. The van der Waals surface area contributed by atoms with Crippen molar-refractivity contribution in [2.75, 3.05) is 6.54 Å². The molecule has 0 saturated heterocycles. The second kappa shape index (κ2) is 7.56. The third kappa shape index (κ3) is 3.77. The minimum absolute atomic E-state index is 0.0685. The zero-order valence-corrected chi connectivity index (χ0v) is 17.0. The molecule has 0 amide bonds. The number of benzene rings is 2. The quantitative estimate of drug-likeness (QED) is 0.551. The van der Waals surface area contributed by atoms with E-state index in [4.69, 9.17) is 0 Å². The monoisotopic (exact) mass is 376 g/mol. The van der Waals surface area contributed by atoms with Crippen molar-refractivity contribution < 1.29 is 4.39 Å². The SMILES string of the molecule is CC(C)(C)c1ccc(CN2CCCn3cccc3[C@@H]2c2ccccc2F)cc1. The van der Waals surface area contributed by atoms with Gasteiger partial charge in [0.1, 0.15) is 5.82 Å². The molecule has 2 aromatic carbocycles. The molecular weight excluding hydrogens is 347 g/mol. The van der Waals surface area contributed by atoms with Gasteiger partial charge >= 0.3 is 0 Å². The number of hydrogen-bond acceptors (Lipinski definition) is 1. The van der Waals surface area contributed by atoms with E-state index in [9.17, 15) is 4.39 Å². The Morgan fingerprint density at radius 2 is 1.68 bits per heavy atom. The zero-order valence-electron chi connectivity index (χ0n) is 17.0. The van der Waals surface area contributed by atoms with Crippen molar-refractivity contribution in [1.29, 1.82) is 0 Å². The molecular formula is C25H29FN2. The van der Waals surface area contributed by atoms with Gasteiger partial charge in [0.2, 0.25) is 0 Å². The summed E-state index contributed by atoms with van der Waals surface area (Å²) in [6.45, 7) is 9.45. The summed E-state index contributed by atoms with van der Waals surface area (Å²) in [7, 11) is 0. The topological polar surface area (TPSA) is 8.17 Å². The van der Waals surface area contributed by atoms with Crippen LogP contribution in [0, 0.1) is 5.82 Å². The van der Waals surface area contributed by atoms with Gasteiger partial charge in [-0.3, -0.25) is 4.90 Å². The Morgan fingerprint density at radius 3 is 2.39 bits per heavy atom. The Hall–Kier alpha value is -2.39. The van der Waals surface area contributed by atoms with Gasteiger partial charge < -0.3 is 4.57 Å². The van der Waals surface area contributed by atoms with Crippen LogP contribution in [-0.2, 0) is 18.5 Å². The van der Waals surface area contributed by atoms with Gasteiger partial charge in [0, 0.05) is 37.1 Å². The highest BCUT2D eigenvalue weighted by Crippen LogP contribution is 2.34. The second-order valence-electron chi connectivity index (χ2n) is 8.82. The van der Waals surface area contributed by atoms with Gasteiger partial charge in [-0.05, 0) is 41.2 Å². The minimum atomic E-state index is -0.129. The Labute approximate surface area is 167 Å². The molecule has 4 rings (SSSR count). The summed E-state index contributed by atoms with van der Waals surface area (Å²) in [5.41, 5.74) is 4.70. The molecule has 2 nitrogen and oxygen atoms in total. The second-order valence-corrected chi connectivity index (χ2v) is 8.82. The lowest BCUT2D eigenvalue weighted by molar-refractivity contribution is 0.216. The van der Waals surface area contributed by atoms with Crippen LogP contribution in [-0.4, -0.2) is 16.0 Å². The van der Waals surface area contributed by atoms with E-state index in [1.54, 1.807) is 12.1 Å². The normalized spacial score (nSPS) is 17.9. The van der Waals surface area contributed by atoms with Crippen LogP contribution in [0.25, 0.3) is 0 Å². The molecule has 28 heavy (non-hydrogen) atoms. The third-order valence-electron chi connectivity index (χ3n) is 5.76. The third-order valence-corrected chi connectivity index (χ3v) is 5.76. The van der Waals surface area contributed by atoms with Crippen LogP contribution in [0.4, 0.5) is 4.39 Å². The fraction of sp³-hybridized carbons (Fsp3) is 0.360. The maximum Gasteiger partial charge on any atom is 0.128 e. The highest BCUT2D eigenvalue weighted by atomic mass is 19.1. The Bertz CT molecular complexity index is 934. The summed E-state index contributed by atoms with van der Waals surface area (Å²) in [6.07, 6.45) is 3.18. The molecule has 0 aliphatic carbocycles. The van der Waals surface area contributed by atoms with Crippen molar-refractivity contribution in [3.8, 4) is 0 Å². The van der Waals surface area contributed by atoms with Gasteiger partial charge in [0.15, 0.2) is 0 Å². The average Bonchev–Trinajstić information content (AvgIpc) is 3.04. The van der Waals surface area contributed by atoms with E-state index in [0.717, 1.165) is 31.6 Å². The van der Waals surface area contributed by atoms with Crippen molar-refractivity contribution in [3.05, 3.63) is 95.1 Å². The molecule has 0 saturated carbocycles. The first-order valence-corrected chi connectivity index (χ1v) is 10.2. The fourth-order valence-electron chi connectivity index (χ4n) is 4.21. The molecule has 0 N–H and O–H groups in total. The Balaban J connectivity index is 1.69. The maximum atomic E-state index is 14.8. The summed E-state index contributed by atoms with van der Waals surface area (Å²) in [4.78, 5) is 2.42. The molecule has 3 aromatic rings. The first kappa shape index (κ1) is 18.9. The summed E-state index contributed by atoms with van der Waals surface area (Å²) in [6, 6.07) is 20.3. The molecule has 146 valence electrons. The number of aromatic nitrogens is 1. The number of hydrogen-bond donors (Lipinski definition) is 0. The number of aryl methyl sites for hydroxylation is 1. The number of rotatable bonds is 3. The molecule has 3 heteroatoms. The van der Waals surface area contributed by atoms with E-state index >= 15 is 0 Å². The molecule has 0 bridgehead atoms. The van der Waals surface area contributed by atoms with Crippen LogP contribution < -0.4 is 0 Å². The molecule has 0 unspecified atom stereocenters. The highest BCUT2D eigenvalue weighted by Gasteiger charge is 2.29. The molecule has 1 aliphatic rings. The summed E-state index contributed by atoms with van der Waals surface area (Å²) in [5, 5.41) is 0. The Morgan fingerprint density at radius 1 is 0.929 bits per heavy atom. The first-order valence-electron chi connectivity index (χ1n) is 10.2. The van der Waals surface area contributed by atoms with Gasteiger partial charge in [0.05, 0.1) is 6.04 Å². The van der Waals surface area contributed by atoms with E-state index in [0.29, 0.717) is 0 Å². The van der Waals surface area contributed by atoms with E-state index in [-0.39, 0.29) is 17.3 Å². The summed E-state index contributed by atoms with van der Waals surface area (Å²) in [5.74, 6) is -0.129. The molecule has 0 radical (unpaired) electrons. The first-order chi connectivity index (χ1) is 13.4. The van der Waals surface area contributed by atoms with Gasteiger partial charge in [-0.25, -0.2) is 4.39 Å². The van der Waals surface area contributed by atoms with E-state index < -0.39 is 0 Å². The number of halogens is 1. The average molecular weight is 377 g/mol. The maximum absolute atomic E-state index is 14.8. The molecule has 1 aliphatic heterocycles. The summed E-state index contributed by atoms with van der Waals surface area (Å²) >= 11 is 0. The van der Waals surface area contributed by atoms with Crippen LogP contribution in [0.3, 0.4) is 0 Å². The lowest BCUT2D eigenvalue weighted by atomic mass is 9.86. The van der Waals surface area contributed by atoms with Crippen LogP contribution in [0.2, 0.25) is 0 Å². The van der Waals surface area contributed by atoms with Crippen molar-refractivity contribution in [2.24, 2.45) is 0 Å². The van der Waals surface area contributed by atoms with Crippen molar-refractivity contribution in [2.45, 2.75) is 51.7 Å². The van der Waals surface area contributed by atoms with E-state index in [1.165, 1.54) is 16.8 Å². The lowest BCUT2D eigenvalue weighted by Gasteiger charge is -2.31. The molecule has 1 aromatic heterocycles. The van der Waals surface area contributed by atoms with Crippen molar-refractivity contribution in [3.63, 3.8) is 0 Å². The van der Waals surface area contributed by atoms with E-state index in [2.05, 4.69) is 72.8 Å². The van der Waals surface area contributed by atoms with Crippen molar-refractivity contribution in [1.82, 2.24) is 9.47 Å². The highest BCUT2D eigenvalue weighted by molar-refractivity contribution is 5.32. The minimum Gasteiger partial charge on any atom is -0.350 e. The molecule has 0 fully saturated rings. The Kier molecular flexibility index (Phi) is 5.11. The van der Waals surface area contributed by atoms with Crippen molar-refractivity contribution >= 4 is 0 Å². The largest absolute Gasteiger partial charge is 0.350 e. The smallest absolute Gasteiger partial charge is 0.128 e. The van der Waals surface area contributed by atoms with E-state index in [1.807, 2.05) is 12.1 Å². The van der Waals surface area contributed by atoms with Gasteiger partial charge in [-0.2, -0.15) is 0 Å².